The van der Waals surface area contributed by atoms with Crippen molar-refractivity contribution in [2.45, 2.75) is 45.6 Å². The van der Waals surface area contributed by atoms with Gasteiger partial charge in [0.05, 0.1) is 0 Å². The van der Waals surface area contributed by atoms with Gasteiger partial charge in [0.2, 0.25) is 11.8 Å². The van der Waals surface area contributed by atoms with Crippen molar-refractivity contribution in [3.63, 3.8) is 0 Å². The first-order valence-electron chi connectivity index (χ1n) is 8.29. The number of nitrogens with one attached hydrogen (secondary N) is 1. The molecule has 0 unspecified atom stereocenters. The molecule has 0 fully saturated rings. The number of halogens is 2. The van der Waals surface area contributed by atoms with Crippen LogP contribution in [0.4, 0.5) is 14.6 Å². The van der Waals surface area contributed by atoms with Crippen molar-refractivity contribution in [3.8, 4) is 0 Å². The molecule has 0 atom stereocenters. The van der Waals surface area contributed by atoms with E-state index in [2.05, 4.69) is 10.4 Å². The van der Waals surface area contributed by atoms with Gasteiger partial charge in [-0.3, -0.25) is 9.48 Å². The number of nitrogens with zero attached hydrogens (tertiary/aromatic N) is 2. The monoisotopic (exact) mass is 347 g/mol. The number of aromatic nitrogens is 2. The van der Waals surface area contributed by atoms with Gasteiger partial charge < -0.3 is 5.32 Å². The number of aryl methyl sites for hydroxylation is 2. The SMILES string of the molecule is Cc1ccccc1/C=C/C(=O)Nc1ccn(CCCCC(C)(F)F)n1. The normalized spacial score (nSPS) is 11.8. The van der Waals surface area contributed by atoms with Crippen LogP contribution in [0.25, 0.3) is 6.08 Å². The van der Waals surface area contributed by atoms with Crippen LogP contribution >= 0.6 is 0 Å². The molecular formula is C19H23F2N3O. The maximum absolute atomic E-state index is 12.7. The number of carbonyl (C=O) groups excluding carboxylic acids is 1. The minimum absolute atomic E-state index is 0.123. The molecular weight excluding hydrogens is 324 g/mol. The number of amides is 1. The third-order valence-electron chi connectivity index (χ3n) is 3.75. The van der Waals surface area contributed by atoms with Gasteiger partial charge in [-0.2, -0.15) is 5.10 Å². The van der Waals surface area contributed by atoms with E-state index in [1.165, 1.54) is 6.08 Å². The van der Waals surface area contributed by atoms with Gasteiger partial charge in [-0.15, -0.1) is 0 Å². The molecule has 1 N–H and O–H groups in total. The molecule has 1 aromatic carbocycles. The molecule has 2 aromatic rings. The van der Waals surface area contributed by atoms with Gasteiger partial charge in [0, 0.05) is 31.3 Å². The number of alkyl halides is 2. The second kappa shape index (κ2) is 8.55. The number of unbranched alkanes of at least 4 members (excludes halogenated alkanes) is 1. The molecule has 0 bridgehead atoms. The average molecular weight is 347 g/mol. The molecule has 0 saturated heterocycles. The summed E-state index contributed by atoms with van der Waals surface area (Å²) in [5, 5.41) is 6.91. The molecule has 6 heteroatoms. The number of hydrogen-bond donors (Lipinski definition) is 1. The second-order valence-electron chi connectivity index (χ2n) is 6.17. The summed E-state index contributed by atoms with van der Waals surface area (Å²) < 4.78 is 27.1. The van der Waals surface area contributed by atoms with Crippen molar-refractivity contribution < 1.29 is 13.6 Å². The fourth-order valence-electron chi connectivity index (χ4n) is 2.37. The highest BCUT2D eigenvalue weighted by molar-refractivity contribution is 6.01. The Kier molecular flexibility index (Phi) is 6.44. The van der Waals surface area contributed by atoms with E-state index < -0.39 is 5.92 Å². The maximum atomic E-state index is 12.7. The van der Waals surface area contributed by atoms with E-state index in [1.807, 2.05) is 31.2 Å². The Bertz CT molecular complexity index is 732. The lowest BCUT2D eigenvalue weighted by Gasteiger charge is -2.09. The molecule has 25 heavy (non-hydrogen) atoms. The summed E-state index contributed by atoms with van der Waals surface area (Å²) in [5.74, 6) is -2.44. The van der Waals surface area contributed by atoms with E-state index >= 15 is 0 Å². The van der Waals surface area contributed by atoms with Crippen molar-refractivity contribution in [1.82, 2.24) is 9.78 Å². The molecule has 1 amide bonds. The summed E-state index contributed by atoms with van der Waals surface area (Å²) in [5.41, 5.74) is 2.07. The molecule has 1 aromatic heterocycles. The summed E-state index contributed by atoms with van der Waals surface area (Å²) in [6.07, 6.45) is 5.87. The van der Waals surface area contributed by atoms with Crippen LogP contribution in [0.15, 0.2) is 42.6 Å². The van der Waals surface area contributed by atoms with Crippen LogP contribution in [-0.2, 0) is 11.3 Å². The molecule has 0 radical (unpaired) electrons. The predicted octanol–water partition coefficient (Wildman–Crippen LogP) is 4.67. The largest absolute Gasteiger partial charge is 0.306 e. The van der Waals surface area contributed by atoms with Crippen LogP contribution in [0.5, 0.6) is 0 Å². The first kappa shape index (κ1) is 18.8. The molecule has 0 aliphatic rings. The number of rotatable bonds is 8. The van der Waals surface area contributed by atoms with Gasteiger partial charge in [0.25, 0.3) is 0 Å². The van der Waals surface area contributed by atoms with E-state index in [4.69, 9.17) is 0 Å². The fourth-order valence-corrected chi connectivity index (χ4v) is 2.37. The van der Waals surface area contributed by atoms with Crippen LogP contribution in [0.2, 0.25) is 0 Å². The van der Waals surface area contributed by atoms with Crippen LogP contribution in [0.3, 0.4) is 0 Å². The highest BCUT2D eigenvalue weighted by Crippen LogP contribution is 2.20. The fraction of sp³-hybridized carbons (Fsp3) is 0.368. The van der Waals surface area contributed by atoms with E-state index in [1.54, 1.807) is 23.0 Å². The lowest BCUT2D eigenvalue weighted by Crippen LogP contribution is -2.10. The first-order chi connectivity index (χ1) is 11.8. The lowest BCUT2D eigenvalue weighted by molar-refractivity contribution is -0.111. The zero-order valence-corrected chi connectivity index (χ0v) is 14.5. The average Bonchev–Trinajstić information content (AvgIpc) is 2.97. The Morgan fingerprint density at radius 3 is 2.76 bits per heavy atom. The minimum atomic E-state index is -2.62. The molecule has 4 nitrogen and oxygen atoms in total. The molecule has 0 saturated carbocycles. The van der Waals surface area contributed by atoms with Crippen LogP contribution < -0.4 is 5.32 Å². The van der Waals surface area contributed by atoms with Gasteiger partial charge in [-0.1, -0.05) is 24.3 Å². The van der Waals surface area contributed by atoms with Crippen molar-refractivity contribution >= 4 is 17.8 Å². The van der Waals surface area contributed by atoms with E-state index in [0.29, 0.717) is 25.2 Å². The molecule has 0 aliphatic carbocycles. The lowest BCUT2D eigenvalue weighted by atomic mass is 10.1. The maximum Gasteiger partial charge on any atom is 0.249 e. The molecule has 0 spiro atoms. The van der Waals surface area contributed by atoms with Crippen LogP contribution in [0.1, 0.15) is 37.3 Å². The molecule has 1 heterocycles. The summed E-state index contributed by atoms with van der Waals surface area (Å²) in [6.45, 7) is 3.46. The van der Waals surface area contributed by atoms with Crippen LogP contribution in [0, 0.1) is 6.92 Å². The Hall–Kier alpha value is -2.50. The number of benzene rings is 1. The van der Waals surface area contributed by atoms with Crippen molar-refractivity contribution in [2.75, 3.05) is 5.32 Å². The minimum Gasteiger partial charge on any atom is -0.306 e. The third kappa shape index (κ3) is 6.87. The first-order valence-corrected chi connectivity index (χ1v) is 8.29. The third-order valence-corrected chi connectivity index (χ3v) is 3.75. The topological polar surface area (TPSA) is 46.9 Å². The molecule has 2 rings (SSSR count). The van der Waals surface area contributed by atoms with Crippen LogP contribution in [-0.4, -0.2) is 21.6 Å². The summed E-state index contributed by atoms with van der Waals surface area (Å²) in [7, 11) is 0. The Morgan fingerprint density at radius 1 is 1.28 bits per heavy atom. The van der Waals surface area contributed by atoms with Crippen molar-refractivity contribution in [2.24, 2.45) is 0 Å². The zero-order chi connectivity index (χ0) is 18.3. The van der Waals surface area contributed by atoms with Gasteiger partial charge >= 0.3 is 0 Å². The van der Waals surface area contributed by atoms with Gasteiger partial charge in [-0.05, 0) is 43.9 Å². The second-order valence-corrected chi connectivity index (χ2v) is 6.17. The van der Waals surface area contributed by atoms with Gasteiger partial charge in [0.15, 0.2) is 5.82 Å². The Labute approximate surface area is 146 Å². The van der Waals surface area contributed by atoms with Gasteiger partial charge in [0.1, 0.15) is 0 Å². The summed E-state index contributed by atoms with van der Waals surface area (Å²) >= 11 is 0. The highest BCUT2D eigenvalue weighted by atomic mass is 19.3. The number of anilines is 1. The zero-order valence-electron chi connectivity index (χ0n) is 14.5. The quantitative estimate of drug-likeness (QED) is 0.557. The Morgan fingerprint density at radius 2 is 2.04 bits per heavy atom. The van der Waals surface area contributed by atoms with E-state index in [-0.39, 0.29) is 12.3 Å². The standard InChI is InChI=1S/C19H23F2N3O/c1-15-7-3-4-8-16(15)9-10-18(25)22-17-11-14-24(23-17)13-6-5-12-19(2,20)21/h3-4,7-11,14H,5-6,12-13H2,1-2H3,(H,22,23,25)/b10-9+. The number of carbonyl (C=O) groups is 1. The summed E-state index contributed by atoms with van der Waals surface area (Å²) in [6, 6.07) is 9.47. The smallest absolute Gasteiger partial charge is 0.249 e. The van der Waals surface area contributed by atoms with Gasteiger partial charge in [-0.25, -0.2) is 8.78 Å². The highest BCUT2D eigenvalue weighted by Gasteiger charge is 2.19. The number of hydrogen-bond acceptors (Lipinski definition) is 2. The summed E-state index contributed by atoms with van der Waals surface area (Å²) in [4.78, 5) is 11.9. The van der Waals surface area contributed by atoms with E-state index in [9.17, 15) is 13.6 Å². The Balaban J connectivity index is 1.80. The van der Waals surface area contributed by atoms with Crippen molar-refractivity contribution in [1.29, 1.82) is 0 Å². The van der Waals surface area contributed by atoms with E-state index in [0.717, 1.165) is 18.1 Å². The van der Waals surface area contributed by atoms with Crippen molar-refractivity contribution in [3.05, 3.63) is 53.7 Å². The molecule has 0 aliphatic heterocycles. The molecule has 134 valence electrons. The predicted molar refractivity (Wildman–Crippen MR) is 95.5 cm³/mol.